The van der Waals surface area contributed by atoms with E-state index in [0.29, 0.717) is 12.1 Å². The highest BCUT2D eigenvalue weighted by Crippen LogP contribution is 2.21. The summed E-state index contributed by atoms with van der Waals surface area (Å²) in [5, 5.41) is 3.46. The van der Waals surface area contributed by atoms with Crippen molar-refractivity contribution in [1.82, 2.24) is 10.2 Å². The summed E-state index contributed by atoms with van der Waals surface area (Å²) in [4.78, 5) is 4.88. The number of rotatable bonds is 5. The van der Waals surface area contributed by atoms with Crippen LogP contribution in [0.4, 0.5) is 5.69 Å². The lowest BCUT2D eigenvalue weighted by atomic mass is 10.0. The van der Waals surface area contributed by atoms with Gasteiger partial charge in [0.1, 0.15) is 0 Å². The van der Waals surface area contributed by atoms with E-state index in [-0.39, 0.29) is 0 Å². The first-order valence-electron chi connectivity index (χ1n) is 7.80. The number of benzene rings is 1. The maximum Gasteiger partial charge on any atom is 0.0414 e. The Labute approximate surface area is 124 Å². The van der Waals surface area contributed by atoms with Gasteiger partial charge >= 0.3 is 0 Å². The van der Waals surface area contributed by atoms with Crippen molar-refractivity contribution >= 4 is 5.69 Å². The summed E-state index contributed by atoms with van der Waals surface area (Å²) in [6.45, 7) is 7.73. The van der Waals surface area contributed by atoms with Crippen molar-refractivity contribution in [1.29, 1.82) is 0 Å². The molecule has 0 radical (unpaired) electrons. The minimum Gasteiger partial charge on any atom is -0.370 e. The van der Waals surface area contributed by atoms with Gasteiger partial charge < -0.3 is 15.1 Å². The molecule has 0 aromatic heterocycles. The number of nitrogens with zero attached hydrogens (tertiary/aromatic N) is 2. The fourth-order valence-electron chi connectivity index (χ4n) is 2.84. The third kappa shape index (κ3) is 4.22. The monoisotopic (exact) mass is 275 g/mol. The van der Waals surface area contributed by atoms with Gasteiger partial charge in [-0.05, 0) is 44.1 Å². The van der Waals surface area contributed by atoms with Gasteiger partial charge in [-0.2, -0.15) is 0 Å². The summed E-state index contributed by atoms with van der Waals surface area (Å²) in [5.41, 5.74) is 2.69. The van der Waals surface area contributed by atoms with Gasteiger partial charge in [0.15, 0.2) is 0 Å². The summed E-state index contributed by atoms with van der Waals surface area (Å²) in [7, 11) is 4.45. The maximum atomic E-state index is 3.46. The Balaban J connectivity index is 1.94. The van der Waals surface area contributed by atoms with E-state index in [4.69, 9.17) is 0 Å². The van der Waals surface area contributed by atoms with E-state index in [1.54, 1.807) is 0 Å². The number of likely N-dealkylation sites (tertiary alicyclic amines) is 1. The molecule has 1 unspecified atom stereocenters. The quantitative estimate of drug-likeness (QED) is 0.891. The summed E-state index contributed by atoms with van der Waals surface area (Å²) in [6, 6.07) is 10.2. The molecule has 1 aromatic carbocycles. The van der Waals surface area contributed by atoms with Gasteiger partial charge in [0.2, 0.25) is 0 Å². The van der Waals surface area contributed by atoms with Gasteiger partial charge in [0, 0.05) is 37.9 Å². The molecule has 1 aliphatic heterocycles. The van der Waals surface area contributed by atoms with Crippen LogP contribution in [0.15, 0.2) is 24.3 Å². The van der Waals surface area contributed by atoms with Crippen molar-refractivity contribution in [2.24, 2.45) is 0 Å². The van der Waals surface area contributed by atoms with E-state index >= 15 is 0 Å². The first-order chi connectivity index (χ1) is 9.56. The molecular formula is C17H29N3. The lowest BCUT2D eigenvalue weighted by Crippen LogP contribution is -2.45. The third-order valence-corrected chi connectivity index (χ3v) is 4.21. The van der Waals surface area contributed by atoms with Crippen LogP contribution in [0.5, 0.6) is 0 Å². The zero-order valence-electron chi connectivity index (χ0n) is 13.4. The van der Waals surface area contributed by atoms with Crippen molar-refractivity contribution in [3.8, 4) is 0 Å². The molecule has 2 rings (SSSR count). The highest BCUT2D eigenvalue weighted by atomic mass is 15.2. The Hall–Kier alpha value is -1.06. The summed E-state index contributed by atoms with van der Waals surface area (Å²) >= 11 is 0. The van der Waals surface area contributed by atoms with E-state index in [9.17, 15) is 0 Å². The summed E-state index contributed by atoms with van der Waals surface area (Å²) in [6.07, 6.45) is 2.61. The van der Waals surface area contributed by atoms with Gasteiger partial charge in [0.05, 0.1) is 0 Å². The standard InChI is InChI=1S/C17H29N3/c1-14(2)18-12-15-7-9-16(10-8-15)20(4)17-6-5-11-19(3)13-17/h7-10,14,17-18H,5-6,11-13H2,1-4H3. The second-order valence-electron chi connectivity index (χ2n) is 6.37. The first-order valence-corrected chi connectivity index (χ1v) is 7.80. The molecule has 1 atom stereocenters. The average Bonchev–Trinajstić information content (AvgIpc) is 2.45. The molecule has 1 N–H and O–H groups in total. The molecule has 0 bridgehead atoms. The summed E-state index contributed by atoms with van der Waals surface area (Å²) in [5.74, 6) is 0. The Kier molecular flexibility index (Phi) is 5.44. The van der Waals surface area contributed by atoms with Crippen LogP contribution in [0.25, 0.3) is 0 Å². The maximum absolute atomic E-state index is 3.46. The fraction of sp³-hybridized carbons (Fsp3) is 0.647. The van der Waals surface area contributed by atoms with Gasteiger partial charge in [0.25, 0.3) is 0 Å². The SMILES string of the molecule is CC(C)NCc1ccc(N(C)C2CCCN(C)C2)cc1. The molecule has 3 nitrogen and oxygen atoms in total. The van der Waals surface area contributed by atoms with Crippen LogP contribution < -0.4 is 10.2 Å². The highest BCUT2D eigenvalue weighted by molar-refractivity contribution is 5.48. The van der Waals surface area contributed by atoms with Crippen molar-refractivity contribution in [3.63, 3.8) is 0 Å². The molecule has 20 heavy (non-hydrogen) atoms. The molecule has 1 saturated heterocycles. The van der Waals surface area contributed by atoms with Crippen LogP contribution in [0.1, 0.15) is 32.3 Å². The van der Waals surface area contributed by atoms with Crippen molar-refractivity contribution < 1.29 is 0 Å². The minimum absolute atomic E-state index is 0.537. The minimum atomic E-state index is 0.537. The molecule has 0 spiro atoms. The van der Waals surface area contributed by atoms with Crippen LogP contribution in [0, 0.1) is 0 Å². The fourth-order valence-corrected chi connectivity index (χ4v) is 2.84. The van der Waals surface area contributed by atoms with Gasteiger partial charge in [-0.3, -0.25) is 0 Å². The molecule has 0 saturated carbocycles. The van der Waals surface area contributed by atoms with Crippen LogP contribution in [0.2, 0.25) is 0 Å². The molecule has 0 aliphatic carbocycles. The van der Waals surface area contributed by atoms with E-state index < -0.39 is 0 Å². The van der Waals surface area contributed by atoms with Gasteiger partial charge in [-0.15, -0.1) is 0 Å². The number of hydrogen-bond acceptors (Lipinski definition) is 3. The van der Waals surface area contributed by atoms with Crippen LogP contribution in [-0.4, -0.2) is 44.2 Å². The summed E-state index contributed by atoms with van der Waals surface area (Å²) < 4.78 is 0. The van der Waals surface area contributed by atoms with Crippen LogP contribution >= 0.6 is 0 Å². The van der Waals surface area contributed by atoms with Crippen molar-refractivity contribution in [2.45, 2.75) is 45.3 Å². The Morgan fingerprint density at radius 2 is 2.00 bits per heavy atom. The van der Waals surface area contributed by atoms with Crippen molar-refractivity contribution in [2.75, 3.05) is 32.1 Å². The average molecular weight is 275 g/mol. The topological polar surface area (TPSA) is 18.5 Å². The van der Waals surface area contributed by atoms with Crippen molar-refractivity contribution in [3.05, 3.63) is 29.8 Å². The first kappa shape index (κ1) is 15.3. The van der Waals surface area contributed by atoms with E-state index in [2.05, 4.69) is 67.3 Å². The van der Waals surface area contributed by atoms with Crippen LogP contribution in [-0.2, 0) is 6.54 Å². The Morgan fingerprint density at radius 1 is 1.30 bits per heavy atom. The Bertz CT molecular complexity index is 399. The predicted octanol–water partition coefficient (Wildman–Crippen LogP) is 2.72. The van der Waals surface area contributed by atoms with E-state index in [1.807, 2.05) is 0 Å². The number of hydrogen-bond donors (Lipinski definition) is 1. The Morgan fingerprint density at radius 3 is 2.60 bits per heavy atom. The normalized spacial score (nSPS) is 20.4. The molecule has 3 heteroatoms. The molecule has 1 fully saturated rings. The van der Waals surface area contributed by atoms with E-state index in [1.165, 1.54) is 37.2 Å². The highest BCUT2D eigenvalue weighted by Gasteiger charge is 2.21. The number of nitrogens with one attached hydrogen (secondary N) is 1. The molecule has 1 heterocycles. The van der Waals surface area contributed by atoms with Crippen LogP contribution in [0.3, 0.4) is 0 Å². The van der Waals surface area contributed by atoms with Gasteiger partial charge in [-0.1, -0.05) is 26.0 Å². The van der Waals surface area contributed by atoms with E-state index in [0.717, 1.165) is 6.54 Å². The zero-order valence-corrected chi connectivity index (χ0v) is 13.4. The predicted molar refractivity (Wildman–Crippen MR) is 87.3 cm³/mol. The third-order valence-electron chi connectivity index (χ3n) is 4.21. The number of anilines is 1. The molecule has 0 amide bonds. The molecule has 1 aromatic rings. The lowest BCUT2D eigenvalue weighted by molar-refractivity contribution is 0.248. The van der Waals surface area contributed by atoms with Gasteiger partial charge in [-0.25, -0.2) is 0 Å². The molecule has 112 valence electrons. The lowest BCUT2D eigenvalue weighted by Gasteiger charge is -2.37. The number of piperidine rings is 1. The second kappa shape index (κ2) is 7.09. The smallest absolute Gasteiger partial charge is 0.0414 e. The number of likely N-dealkylation sites (N-methyl/N-ethyl adjacent to an activating group) is 2. The zero-order chi connectivity index (χ0) is 14.5. The largest absolute Gasteiger partial charge is 0.370 e. The second-order valence-corrected chi connectivity index (χ2v) is 6.37. The molecular weight excluding hydrogens is 246 g/mol. The molecule has 1 aliphatic rings.